The third-order valence-corrected chi connectivity index (χ3v) is 0.981. The van der Waals surface area contributed by atoms with Crippen molar-refractivity contribution in [3.8, 4) is 0 Å². The average Bonchev–Trinajstić information content (AvgIpc) is 2.05. The normalized spacial score (nSPS) is 10.3. The summed E-state index contributed by atoms with van der Waals surface area (Å²) in [4.78, 5) is 0. The van der Waals surface area contributed by atoms with Crippen LogP contribution in [0, 0.1) is 0 Å². The molecule has 0 amide bonds. The molecular formula is C9H17N. The molecule has 0 fully saturated rings. The Morgan fingerprint density at radius 3 is 1.70 bits per heavy atom. The highest BCUT2D eigenvalue weighted by Crippen LogP contribution is 1.97. The molecule has 0 spiro atoms. The van der Waals surface area contributed by atoms with Crippen molar-refractivity contribution in [2.45, 2.75) is 20.8 Å². The van der Waals surface area contributed by atoms with Crippen LogP contribution in [-0.4, -0.2) is 0 Å². The maximum absolute atomic E-state index is 5.42. The van der Waals surface area contributed by atoms with E-state index >= 15 is 0 Å². The second-order valence-corrected chi connectivity index (χ2v) is 1.55. The van der Waals surface area contributed by atoms with Gasteiger partial charge in [0.1, 0.15) is 0 Å². The van der Waals surface area contributed by atoms with Crippen LogP contribution in [0.2, 0.25) is 0 Å². The lowest BCUT2D eigenvalue weighted by Gasteiger charge is -1.92. The largest absolute Gasteiger partial charge is 0.399 e. The number of hydrogen-bond acceptors (Lipinski definition) is 1. The van der Waals surface area contributed by atoms with Gasteiger partial charge in [-0.2, -0.15) is 0 Å². The van der Waals surface area contributed by atoms with E-state index < -0.39 is 0 Å². The van der Waals surface area contributed by atoms with Gasteiger partial charge in [0.05, 0.1) is 0 Å². The van der Waals surface area contributed by atoms with Crippen LogP contribution < -0.4 is 5.73 Å². The number of rotatable bonds is 2. The quantitative estimate of drug-likeness (QED) is 0.585. The summed E-state index contributed by atoms with van der Waals surface area (Å²) in [6, 6.07) is 0. The molecule has 0 aliphatic carbocycles. The summed E-state index contributed by atoms with van der Waals surface area (Å²) in [5.41, 5.74) is 7.08. The Morgan fingerprint density at radius 1 is 1.20 bits per heavy atom. The minimum Gasteiger partial charge on any atom is -0.399 e. The third-order valence-electron chi connectivity index (χ3n) is 0.981. The fourth-order valence-corrected chi connectivity index (χ4v) is 0.279. The zero-order valence-electron chi connectivity index (χ0n) is 7.15. The topological polar surface area (TPSA) is 26.0 Å². The molecule has 0 aromatic heterocycles. The SMILES string of the molecule is C=C/C(C)=C(/N)C=C.CC. The van der Waals surface area contributed by atoms with E-state index in [-0.39, 0.29) is 0 Å². The van der Waals surface area contributed by atoms with Gasteiger partial charge in [0, 0.05) is 5.70 Å². The average molecular weight is 139 g/mol. The Kier molecular flexibility index (Phi) is 9.44. The van der Waals surface area contributed by atoms with E-state index in [0.717, 1.165) is 5.57 Å². The van der Waals surface area contributed by atoms with E-state index in [1.54, 1.807) is 12.2 Å². The summed E-state index contributed by atoms with van der Waals surface area (Å²) in [6.45, 7) is 12.9. The molecule has 0 saturated carbocycles. The van der Waals surface area contributed by atoms with Crippen LogP contribution in [0.5, 0.6) is 0 Å². The van der Waals surface area contributed by atoms with Crippen LogP contribution in [0.4, 0.5) is 0 Å². The first kappa shape index (κ1) is 11.8. The second kappa shape index (κ2) is 8.02. The highest BCUT2D eigenvalue weighted by atomic mass is 14.6. The van der Waals surface area contributed by atoms with Gasteiger partial charge in [-0.15, -0.1) is 0 Å². The molecule has 0 aromatic rings. The predicted octanol–water partition coefficient (Wildman–Crippen LogP) is 2.62. The van der Waals surface area contributed by atoms with Crippen molar-refractivity contribution in [1.82, 2.24) is 0 Å². The molecule has 0 radical (unpaired) electrons. The van der Waals surface area contributed by atoms with E-state index in [1.807, 2.05) is 20.8 Å². The smallest absolute Gasteiger partial charge is 0.0337 e. The standard InChI is InChI=1S/C7H11N.C2H6/c1-4-6(3)7(8)5-2;1-2/h4-5H,1-2,8H2,3H3;1-2H3/b7-6+;. The van der Waals surface area contributed by atoms with Crippen LogP contribution >= 0.6 is 0 Å². The van der Waals surface area contributed by atoms with Crippen molar-refractivity contribution >= 4 is 0 Å². The monoisotopic (exact) mass is 139 g/mol. The van der Waals surface area contributed by atoms with E-state index in [0.29, 0.717) is 5.70 Å². The Hall–Kier alpha value is -0.980. The molecule has 1 heteroatoms. The molecule has 0 heterocycles. The first-order valence-electron chi connectivity index (χ1n) is 3.43. The maximum atomic E-state index is 5.42. The van der Waals surface area contributed by atoms with Crippen molar-refractivity contribution in [3.05, 3.63) is 36.6 Å². The van der Waals surface area contributed by atoms with Crippen LogP contribution in [-0.2, 0) is 0 Å². The van der Waals surface area contributed by atoms with Gasteiger partial charge in [-0.1, -0.05) is 33.1 Å². The molecule has 0 aliphatic rings. The van der Waals surface area contributed by atoms with Crippen LogP contribution in [0.25, 0.3) is 0 Å². The summed E-state index contributed by atoms with van der Waals surface area (Å²) >= 11 is 0. The lowest BCUT2D eigenvalue weighted by Crippen LogP contribution is -1.94. The summed E-state index contributed by atoms with van der Waals surface area (Å²) in [5, 5.41) is 0. The molecule has 0 bridgehead atoms. The number of nitrogens with two attached hydrogens (primary N) is 1. The highest BCUT2D eigenvalue weighted by molar-refractivity contribution is 5.26. The first-order chi connectivity index (χ1) is 4.72. The third kappa shape index (κ3) is 5.16. The van der Waals surface area contributed by atoms with Crippen molar-refractivity contribution in [2.24, 2.45) is 5.73 Å². The molecule has 0 aromatic carbocycles. The molecule has 0 aliphatic heterocycles. The van der Waals surface area contributed by atoms with Crippen LogP contribution in [0.15, 0.2) is 36.6 Å². The minimum absolute atomic E-state index is 0.694. The molecule has 0 rings (SSSR count). The van der Waals surface area contributed by atoms with Crippen molar-refractivity contribution < 1.29 is 0 Å². The fraction of sp³-hybridized carbons (Fsp3) is 0.333. The lowest BCUT2D eigenvalue weighted by molar-refractivity contribution is 1.33. The molecule has 1 nitrogen and oxygen atoms in total. The van der Waals surface area contributed by atoms with E-state index in [4.69, 9.17) is 5.73 Å². The van der Waals surface area contributed by atoms with Crippen molar-refractivity contribution in [1.29, 1.82) is 0 Å². The van der Waals surface area contributed by atoms with Gasteiger partial charge in [0.25, 0.3) is 0 Å². The maximum Gasteiger partial charge on any atom is 0.0337 e. The zero-order chi connectivity index (χ0) is 8.57. The van der Waals surface area contributed by atoms with Gasteiger partial charge in [-0.25, -0.2) is 0 Å². The van der Waals surface area contributed by atoms with E-state index in [9.17, 15) is 0 Å². The zero-order valence-corrected chi connectivity index (χ0v) is 7.15. The van der Waals surface area contributed by atoms with Gasteiger partial charge in [0.15, 0.2) is 0 Å². The molecule has 0 atom stereocenters. The predicted molar refractivity (Wildman–Crippen MR) is 48.6 cm³/mol. The first-order valence-corrected chi connectivity index (χ1v) is 3.43. The molecule has 58 valence electrons. The molecule has 0 unspecified atom stereocenters. The van der Waals surface area contributed by atoms with Gasteiger partial charge >= 0.3 is 0 Å². The molecule has 2 N–H and O–H groups in total. The molecular weight excluding hydrogens is 122 g/mol. The summed E-state index contributed by atoms with van der Waals surface area (Å²) in [5.74, 6) is 0. The number of allylic oxidation sites excluding steroid dienone is 3. The van der Waals surface area contributed by atoms with Gasteiger partial charge in [-0.3, -0.25) is 0 Å². The van der Waals surface area contributed by atoms with Gasteiger partial charge in [0.2, 0.25) is 0 Å². The van der Waals surface area contributed by atoms with E-state index in [2.05, 4.69) is 13.2 Å². The Bertz CT molecular complexity index is 116. The Balaban J connectivity index is 0. The van der Waals surface area contributed by atoms with Gasteiger partial charge < -0.3 is 5.73 Å². The highest BCUT2D eigenvalue weighted by Gasteiger charge is 1.83. The van der Waals surface area contributed by atoms with Crippen molar-refractivity contribution in [2.75, 3.05) is 0 Å². The summed E-state index contributed by atoms with van der Waals surface area (Å²) < 4.78 is 0. The van der Waals surface area contributed by atoms with Crippen LogP contribution in [0.3, 0.4) is 0 Å². The van der Waals surface area contributed by atoms with Gasteiger partial charge in [-0.05, 0) is 18.6 Å². The molecule has 10 heavy (non-hydrogen) atoms. The lowest BCUT2D eigenvalue weighted by atomic mass is 10.2. The number of hydrogen-bond donors (Lipinski definition) is 1. The summed E-state index contributed by atoms with van der Waals surface area (Å²) in [6.07, 6.45) is 3.31. The second-order valence-electron chi connectivity index (χ2n) is 1.55. The Morgan fingerprint density at radius 2 is 1.60 bits per heavy atom. The minimum atomic E-state index is 0.694. The fourth-order valence-electron chi connectivity index (χ4n) is 0.279. The summed E-state index contributed by atoms with van der Waals surface area (Å²) in [7, 11) is 0. The Labute approximate surface area is 63.9 Å². The van der Waals surface area contributed by atoms with Crippen molar-refractivity contribution in [3.63, 3.8) is 0 Å². The van der Waals surface area contributed by atoms with E-state index in [1.165, 1.54) is 0 Å². The van der Waals surface area contributed by atoms with Crippen LogP contribution in [0.1, 0.15) is 20.8 Å². The molecule has 0 saturated heterocycles.